The molecule has 4 nitrogen and oxygen atoms in total. The molecule has 1 aromatic carbocycles. The molecular formula is C14H14F2IN3O. The Morgan fingerprint density at radius 2 is 2.29 bits per heavy atom. The second-order valence-corrected chi connectivity index (χ2v) is 6.13. The Kier molecular flexibility index (Phi) is 4.21. The Morgan fingerprint density at radius 3 is 2.90 bits per heavy atom. The fourth-order valence-electron chi connectivity index (χ4n) is 2.78. The first-order valence-electron chi connectivity index (χ1n) is 6.61. The van der Waals surface area contributed by atoms with Crippen molar-refractivity contribution in [3.05, 3.63) is 48.1 Å². The highest BCUT2D eigenvalue weighted by atomic mass is 127. The standard InChI is InChI=1S/C14H14F2IN3O/c15-11-1-2-12(13(16)3-11)14(4-10(5-17)6-21-14)7-20-9-18-8-19-20/h1-3,8-10H,4-7H2/t10-,14+/m1/s1. The Labute approximate surface area is 134 Å². The molecule has 0 saturated carbocycles. The van der Waals surface area contributed by atoms with Crippen molar-refractivity contribution in [3.8, 4) is 0 Å². The number of benzene rings is 1. The van der Waals surface area contributed by atoms with Crippen LogP contribution in [0.4, 0.5) is 8.78 Å². The van der Waals surface area contributed by atoms with E-state index < -0.39 is 17.2 Å². The first kappa shape index (κ1) is 14.8. The van der Waals surface area contributed by atoms with Gasteiger partial charge in [0.15, 0.2) is 0 Å². The number of alkyl halides is 1. The van der Waals surface area contributed by atoms with Crippen LogP contribution in [0, 0.1) is 17.6 Å². The third-order valence-electron chi connectivity index (χ3n) is 3.74. The molecule has 0 bridgehead atoms. The number of halogens is 3. The topological polar surface area (TPSA) is 39.9 Å². The quantitative estimate of drug-likeness (QED) is 0.580. The van der Waals surface area contributed by atoms with Crippen molar-refractivity contribution in [1.82, 2.24) is 14.8 Å². The maximum absolute atomic E-state index is 14.2. The number of ether oxygens (including phenoxy) is 1. The summed E-state index contributed by atoms with van der Waals surface area (Å²) in [5, 5.41) is 4.08. The molecule has 1 fully saturated rings. The Hall–Kier alpha value is -1.09. The molecule has 3 rings (SSSR count). The first-order valence-corrected chi connectivity index (χ1v) is 8.13. The van der Waals surface area contributed by atoms with Gasteiger partial charge in [0.05, 0.1) is 13.2 Å². The third-order valence-corrected chi connectivity index (χ3v) is 4.98. The monoisotopic (exact) mass is 405 g/mol. The van der Waals surface area contributed by atoms with Crippen molar-refractivity contribution in [3.63, 3.8) is 0 Å². The number of rotatable bonds is 4. The van der Waals surface area contributed by atoms with Crippen molar-refractivity contribution >= 4 is 22.6 Å². The highest BCUT2D eigenvalue weighted by molar-refractivity contribution is 14.1. The molecule has 1 saturated heterocycles. The molecule has 0 amide bonds. The van der Waals surface area contributed by atoms with E-state index in [-0.39, 0.29) is 0 Å². The zero-order chi connectivity index (χ0) is 14.9. The summed E-state index contributed by atoms with van der Waals surface area (Å²) in [6.07, 6.45) is 3.68. The molecule has 0 radical (unpaired) electrons. The van der Waals surface area contributed by atoms with E-state index in [9.17, 15) is 8.78 Å². The first-order chi connectivity index (χ1) is 10.1. The van der Waals surface area contributed by atoms with Gasteiger partial charge in [-0.2, -0.15) is 5.10 Å². The zero-order valence-corrected chi connectivity index (χ0v) is 13.3. The van der Waals surface area contributed by atoms with Gasteiger partial charge >= 0.3 is 0 Å². The van der Waals surface area contributed by atoms with Gasteiger partial charge in [-0.05, 0) is 18.4 Å². The Morgan fingerprint density at radius 1 is 1.43 bits per heavy atom. The lowest BCUT2D eigenvalue weighted by Crippen LogP contribution is -2.32. The maximum Gasteiger partial charge on any atom is 0.137 e. The molecule has 1 aliphatic heterocycles. The lowest BCUT2D eigenvalue weighted by atomic mass is 9.87. The molecule has 7 heteroatoms. The average Bonchev–Trinajstić information content (AvgIpc) is 3.09. The minimum absolute atomic E-state index is 0.346. The van der Waals surface area contributed by atoms with E-state index in [2.05, 4.69) is 32.7 Å². The molecular weight excluding hydrogens is 391 g/mol. The fourth-order valence-corrected chi connectivity index (χ4v) is 3.34. The van der Waals surface area contributed by atoms with Crippen molar-refractivity contribution in [2.75, 3.05) is 11.0 Å². The lowest BCUT2D eigenvalue weighted by molar-refractivity contribution is -0.0202. The average molecular weight is 405 g/mol. The van der Waals surface area contributed by atoms with Gasteiger partial charge in [0.2, 0.25) is 0 Å². The molecule has 1 aromatic heterocycles. The van der Waals surface area contributed by atoms with E-state index in [4.69, 9.17) is 4.74 Å². The SMILES string of the molecule is Fc1ccc([C@@]2(Cn3cncn3)C[C@H](CI)CO2)c(F)c1. The molecule has 0 aliphatic carbocycles. The largest absolute Gasteiger partial charge is 0.368 e. The summed E-state index contributed by atoms with van der Waals surface area (Å²) in [6.45, 7) is 0.928. The smallest absolute Gasteiger partial charge is 0.137 e. The van der Waals surface area contributed by atoms with E-state index in [1.807, 2.05) is 0 Å². The summed E-state index contributed by atoms with van der Waals surface area (Å²) >= 11 is 2.30. The van der Waals surface area contributed by atoms with Crippen LogP contribution in [-0.4, -0.2) is 25.8 Å². The molecule has 2 atom stereocenters. The van der Waals surface area contributed by atoms with Crippen molar-refractivity contribution in [2.24, 2.45) is 5.92 Å². The minimum atomic E-state index is -0.818. The second-order valence-electron chi connectivity index (χ2n) is 5.25. The number of hydrogen-bond donors (Lipinski definition) is 0. The van der Waals surface area contributed by atoms with Crippen LogP contribution in [-0.2, 0) is 16.9 Å². The van der Waals surface area contributed by atoms with Gasteiger partial charge in [-0.3, -0.25) is 0 Å². The van der Waals surface area contributed by atoms with E-state index in [1.165, 1.54) is 18.5 Å². The van der Waals surface area contributed by atoms with Gasteiger partial charge in [0.25, 0.3) is 0 Å². The van der Waals surface area contributed by atoms with Crippen molar-refractivity contribution in [2.45, 2.75) is 18.6 Å². The van der Waals surface area contributed by atoms with Crippen LogP contribution in [0.5, 0.6) is 0 Å². The normalized spacial score (nSPS) is 25.4. The predicted octanol–water partition coefficient (Wildman–Crippen LogP) is 2.92. The van der Waals surface area contributed by atoms with Crippen molar-refractivity contribution < 1.29 is 13.5 Å². The van der Waals surface area contributed by atoms with Gasteiger partial charge in [-0.15, -0.1) is 0 Å². The van der Waals surface area contributed by atoms with Crippen LogP contribution in [0.3, 0.4) is 0 Å². The van der Waals surface area contributed by atoms with Crippen LogP contribution in [0.15, 0.2) is 30.9 Å². The molecule has 0 N–H and O–H groups in total. The summed E-state index contributed by atoms with van der Waals surface area (Å²) in [6, 6.07) is 3.64. The summed E-state index contributed by atoms with van der Waals surface area (Å²) < 4.78 is 35.9. The molecule has 21 heavy (non-hydrogen) atoms. The van der Waals surface area contributed by atoms with Gasteiger partial charge in [-0.25, -0.2) is 18.4 Å². The fraction of sp³-hybridized carbons (Fsp3) is 0.429. The van der Waals surface area contributed by atoms with E-state index >= 15 is 0 Å². The molecule has 0 unspecified atom stereocenters. The molecule has 0 spiro atoms. The van der Waals surface area contributed by atoms with Gasteiger partial charge in [0.1, 0.15) is 29.9 Å². The maximum atomic E-state index is 14.2. The summed E-state index contributed by atoms with van der Waals surface area (Å²) in [4.78, 5) is 3.91. The van der Waals surface area contributed by atoms with Crippen LogP contribution < -0.4 is 0 Å². The van der Waals surface area contributed by atoms with Crippen LogP contribution in [0.2, 0.25) is 0 Å². The van der Waals surface area contributed by atoms with E-state index in [1.54, 1.807) is 11.0 Å². The van der Waals surface area contributed by atoms with E-state index in [0.29, 0.717) is 31.1 Å². The third kappa shape index (κ3) is 2.94. The van der Waals surface area contributed by atoms with Crippen LogP contribution >= 0.6 is 22.6 Å². The summed E-state index contributed by atoms with van der Waals surface area (Å²) in [5.74, 6) is -0.821. The Bertz CT molecular complexity index is 623. The van der Waals surface area contributed by atoms with Crippen molar-refractivity contribution in [1.29, 1.82) is 0 Å². The molecule has 2 aromatic rings. The predicted molar refractivity (Wildman–Crippen MR) is 81.0 cm³/mol. The summed E-state index contributed by atoms with van der Waals surface area (Å²) in [5.41, 5.74) is -0.437. The zero-order valence-electron chi connectivity index (χ0n) is 11.2. The molecule has 1 aliphatic rings. The summed E-state index contributed by atoms with van der Waals surface area (Å²) in [7, 11) is 0. The van der Waals surface area contributed by atoms with Gasteiger partial charge in [-0.1, -0.05) is 28.7 Å². The number of aromatic nitrogens is 3. The van der Waals surface area contributed by atoms with Crippen LogP contribution in [0.1, 0.15) is 12.0 Å². The van der Waals surface area contributed by atoms with Gasteiger partial charge < -0.3 is 4.74 Å². The number of nitrogens with zero attached hydrogens (tertiary/aromatic N) is 3. The van der Waals surface area contributed by atoms with Crippen LogP contribution in [0.25, 0.3) is 0 Å². The number of hydrogen-bond acceptors (Lipinski definition) is 3. The van der Waals surface area contributed by atoms with Gasteiger partial charge in [0, 0.05) is 16.1 Å². The minimum Gasteiger partial charge on any atom is -0.368 e. The highest BCUT2D eigenvalue weighted by Gasteiger charge is 2.44. The second kappa shape index (κ2) is 5.96. The molecule has 2 heterocycles. The lowest BCUT2D eigenvalue weighted by Gasteiger charge is -2.29. The highest BCUT2D eigenvalue weighted by Crippen LogP contribution is 2.42. The molecule has 112 valence electrons. The van der Waals surface area contributed by atoms with E-state index in [0.717, 1.165) is 10.5 Å². The Balaban J connectivity index is 1.99.